The summed E-state index contributed by atoms with van der Waals surface area (Å²) in [5.41, 5.74) is 0.793. The smallest absolute Gasteiger partial charge is 0.261 e. The number of amides is 1. The number of hydrogen-bond donors (Lipinski definition) is 2. The summed E-state index contributed by atoms with van der Waals surface area (Å²) in [4.78, 5) is 14.3. The molecule has 0 aromatic carbocycles. The fourth-order valence-corrected chi connectivity index (χ4v) is 3.73. The zero-order valence-electron chi connectivity index (χ0n) is 13.2. The van der Waals surface area contributed by atoms with Crippen molar-refractivity contribution in [3.05, 3.63) is 21.4 Å². The van der Waals surface area contributed by atoms with Crippen LogP contribution in [0.15, 0.2) is 6.07 Å². The molecule has 1 aromatic heterocycles. The first-order valence-corrected chi connectivity index (χ1v) is 8.28. The van der Waals surface area contributed by atoms with Crippen LogP contribution in [0.1, 0.15) is 47.8 Å². The van der Waals surface area contributed by atoms with Crippen molar-refractivity contribution in [1.82, 2.24) is 5.32 Å². The van der Waals surface area contributed by atoms with Crippen LogP contribution in [0, 0.1) is 11.3 Å². The Kier molecular flexibility index (Phi) is 5.07. The number of fused-ring (bicyclic) bond motifs is 1. The van der Waals surface area contributed by atoms with Gasteiger partial charge in [0.2, 0.25) is 0 Å². The van der Waals surface area contributed by atoms with Crippen molar-refractivity contribution >= 4 is 17.2 Å². The van der Waals surface area contributed by atoms with Crippen molar-refractivity contribution in [1.29, 1.82) is 0 Å². The van der Waals surface area contributed by atoms with Crippen molar-refractivity contribution in [2.75, 3.05) is 13.2 Å². The molecule has 1 aromatic rings. The molecule has 21 heavy (non-hydrogen) atoms. The SMILES string of the molecule is CC(C)C(O)C(C)(C)CNC(=O)c1cc2c(s1)CCOC2. The molecule has 4 nitrogen and oxygen atoms in total. The second-order valence-corrected chi connectivity index (χ2v) is 7.86. The molecule has 1 aliphatic rings. The van der Waals surface area contributed by atoms with Gasteiger partial charge in [-0.1, -0.05) is 27.7 Å². The third kappa shape index (κ3) is 3.84. The second-order valence-electron chi connectivity index (χ2n) is 6.72. The molecule has 0 radical (unpaired) electrons. The molecule has 1 unspecified atom stereocenters. The number of aliphatic hydroxyl groups excluding tert-OH is 1. The van der Waals surface area contributed by atoms with Crippen molar-refractivity contribution < 1.29 is 14.6 Å². The maximum atomic E-state index is 12.3. The van der Waals surface area contributed by atoms with Gasteiger partial charge >= 0.3 is 0 Å². The molecular formula is C16H25NO3S. The third-order valence-electron chi connectivity index (χ3n) is 3.99. The predicted molar refractivity (Wildman–Crippen MR) is 84.6 cm³/mol. The number of carbonyl (C=O) groups is 1. The Morgan fingerprint density at radius 2 is 2.24 bits per heavy atom. The summed E-state index contributed by atoms with van der Waals surface area (Å²) in [6, 6.07) is 1.93. The third-order valence-corrected chi connectivity index (χ3v) is 5.22. The highest BCUT2D eigenvalue weighted by Crippen LogP contribution is 2.28. The second kappa shape index (κ2) is 6.46. The van der Waals surface area contributed by atoms with E-state index < -0.39 is 6.10 Å². The Morgan fingerprint density at radius 1 is 1.52 bits per heavy atom. The lowest BCUT2D eigenvalue weighted by Gasteiger charge is -2.33. The molecule has 118 valence electrons. The molecular weight excluding hydrogens is 286 g/mol. The van der Waals surface area contributed by atoms with Gasteiger partial charge in [0.15, 0.2) is 0 Å². The molecule has 5 heteroatoms. The highest BCUT2D eigenvalue weighted by atomic mass is 32.1. The van der Waals surface area contributed by atoms with E-state index in [1.54, 1.807) is 11.3 Å². The maximum absolute atomic E-state index is 12.3. The Hall–Kier alpha value is -0.910. The Bertz CT molecular complexity index is 484. The van der Waals surface area contributed by atoms with Gasteiger partial charge in [-0.05, 0) is 17.5 Å². The number of aliphatic hydroxyl groups is 1. The van der Waals surface area contributed by atoms with Crippen molar-refractivity contribution in [3.63, 3.8) is 0 Å². The minimum atomic E-state index is -0.442. The van der Waals surface area contributed by atoms with Crippen LogP contribution in [0.3, 0.4) is 0 Å². The van der Waals surface area contributed by atoms with Gasteiger partial charge in [0.1, 0.15) is 0 Å². The molecule has 2 rings (SSSR count). The quantitative estimate of drug-likeness (QED) is 0.879. The average Bonchev–Trinajstić information content (AvgIpc) is 2.87. The van der Waals surface area contributed by atoms with Gasteiger partial charge in [0.05, 0.1) is 24.2 Å². The van der Waals surface area contributed by atoms with E-state index in [0.717, 1.165) is 23.5 Å². The van der Waals surface area contributed by atoms with E-state index in [1.807, 2.05) is 33.8 Å². The molecule has 0 saturated carbocycles. The van der Waals surface area contributed by atoms with Crippen molar-refractivity contribution in [3.8, 4) is 0 Å². The first kappa shape index (κ1) is 16.5. The van der Waals surface area contributed by atoms with Crippen LogP contribution in [-0.4, -0.2) is 30.3 Å². The van der Waals surface area contributed by atoms with Crippen LogP contribution in [0.4, 0.5) is 0 Å². The normalized spacial score (nSPS) is 16.7. The fourth-order valence-electron chi connectivity index (χ4n) is 2.66. The van der Waals surface area contributed by atoms with Gasteiger partial charge in [-0.2, -0.15) is 0 Å². The van der Waals surface area contributed by atoms with E-state index in [2.05, 4.69) is 5.32 Å². The van der Waals surface area contributed by atoms with Gasteiger partial charge in [0, 0.05) is 23.3 Å². The summed E-state index contributed by atoms with van der Waals surface area (Å²) in [7, 11) is 0. The molecule has 1 atom stereocenters. The number of rotatable bonds is 5. The molecule has 0 bridgehead atoms. The van der Waals surface area contributed by atoms with Gasteiger partial charge in [-0.25, -0.2) is 0 Å². The van der Waals surface area contributed by atoms with Crippen LogP contribution in [0.25, 0.3) is 0 Å². The Labute approximate surface area is 130 Å². The summed E-state index contributed by atoms with van der Waals surface area (Å²) in [5, 5.41) is 13.2. The largest absolute Gasteiger partial charge is 0.392 e. The molecule has 1 aliphatic heterocycles. The number of thiophene rings is 1. The molecule has 2 heterocycles. The number of carbonyl (C=O) groups excluding carboxylic acids is 1. The molecule has 0 saturated heterocycles. The lowest BCUT2D eigenvalue weighted by Crippen LogP contribution is -2.43. The molecule has 1 amide bonds. The topological polar surface area (TPSA) is 58.6 Å². The van der Waals surface area contributed by atoms with Crippen molar-refractivity contribution in [2.24, 2.45) is 11.3 Å². The van der Waals surface area contributed by atoms with Crippen LogP contribution in [0.5, 0.6) is 0 Å². The standard InChI is InChI=1S/C16H25NO3S/c1-10(2)14(18)16(3,4)9-17-15(19)13-7-11-8-20-6-5-12(11)21-13/h7,10,14,18H,5-6,8-9H2,1-4H3,(H,17,19). The zero-order valence-corrected chi connectivity index (χ0v) is 14.0. The van der Waals surface area contributed by atoms with Gasteiger partial charge in [-0.3, -0.25) is 4.79 Å². The lowest BCUT2D eigenvalue weighted by atomic mass is 9.81. The first-order chi connectivity index (χ1) is 9.81. The molecule has 0 aliphatic carbocycles. The highest BCUT2D eigenvalue weighted by molar-refractivity contribution is 7.14. The molecule has 0 fully saturated rings. The minimum absolute atomic E-state index is 0.0570. The number of ether oxygens (including phenoxy) is 1. The van der Waals surface area contributed by atoms with E-state index in [9.17, 15) is 9.90 Å². The van der Waals surface area contributed by atoms with Gasteiger partial charge in [-0.15, -0.1) is 11.3 Å². The van der Waals surface area contributed by atoms with Crippen LogP contribution in [0.2, 0.25) is 0 Å². The van der Waals surface area contributed by atoms with E-state index in [4.69, 9.17) is 4.74 Å². The molecule has 0 spiro atoms. The first-order valence-electron chi connectivity index (χ1n) is 7.47. The summed E-state index contributed by atoms with van der Waals surface area (Å²) in [6.45, 7) is 9.74. The van der Waals surface area contributed by atoms with Crippen molar-refractivity contribution in [2.45, 2.75) is 46.8 Å². The summed E-state index contributed by atoms with van der Waals surface area (Å²) in [5.74, 6) is 0.113. The summed E-state index contributed by atoms with van der Waals surface area (Å²) in [6.07, 6.45) is 0.452. The maximum Gasteiger partial charge on any atom is 0.261 e. The lowest BCUT2D eigenvalue weighted by molar-refractivity contribution is 0.0138. The summed E-state index contributed by atoms with van der Waals surface area (Å²) < 4.78 is 5.40. The van der Waals surface area contributed by atoms with E-state index in [1.165, 1.54) is 4.88 Å². The zero-order chi connectivity index (χ0) is 15.6. The number of hydrogen-bond acceptors (Lipinski definition) is 4. The fraction of sp³-hybridized carbons (Fsp3) is 0.688. The van der Waals surface area contributed by atoms with Crippen LogP contribution in [-0.2, 0) is 17.8 Å². The minimum Gasteiger partial charge on any atom is -0.392 e. The van der Waals surface area contributed by atoms with Gasteiger partial charge in [0.25, 0.3) is 5.91 Å². The highest BCUT2D eigenvalue weighted by Gasteiger charge is 2.31. The Morgan fingerprint density at radius 3 is 2.86 bits per heavy atom. The van der Waals surface area contributed by atoms with E-state index in [-0.39, 0.29) is 17.2 Å². The van der Waals surface area contributed by atoms with Crippen LogP contribution >= 0.6 is 11.3 Å². The molecule has 2 N–H and O–H groups in total. The van der Waals surface area contributed by atoms with Crippen LogP contribution < -0.4 is 5.32 Å². The van der Waals surface area contributed by atoms with Gasteiger partial charge < -0.3 is 15.2 Å². The predicted octanol–water partition coefficient (Wildman–Crippen LogP) is 2.59. The van der Waals surface area contributed by atoms with E-state index in [0.29, 0.717) is 13.2 Å². The Balaban J connectivity index is 1.97. The average molecular weight is 311 g/mol. The van der Waals surface area contributed by atoms with E-state index >= 15 is 0 Å². The number of nitrogens with one attached hydrogen (secondary N) is 1. The summed E-state index contributed by atoms with van der Waals surface area (Å²) >= 11 is 1.55. The monoisotopic (exact) mass is 311 g/mol.